The van der Waals surface area contributed by atoms with Gasteiger partial charge in [-0.25, -0.2) is 0 Å². The van der Waals surface area contributed by atoms with Crippen molar-refractivity contribution in [3.8, 4) is 5.75 Å². The van der Waals surface area contributed by atoms with Gasteiger partial charge in [0.05, 0.1) is 32.1 Å². The minimum Gasteiger partial charge on any atom is -0.508 e. The molecule has 6 heteroatoms. The predicted molar refractivity (Wildman–Crippen MR) is 70.4 cm³/mol. The molecule has 0 bridgehead atoms. The monoisotopic (exact) mass is 279 g/mol. The lowest BCUT2D eigenvalue weighted by atomic mass is 10.1. The number of phenolic OH excluding ortho intramolecular Hbond substituents is 1. The van der Waals surface area contributed by atoms with Crippen molar-refractivity contribution in [3.63, 3.8) is 0 Å². The van der Waals surface area contributed by atoms with Gasteiger partial charge in [0.2, 0.25) is 5.91 Å². The summed E-state index contributed by atoms with van der Waals surface area (Å²) >= 11 is 0. The molecule has 108 valence electrons. The molecular formula is C14H17NO5. The highest BCUT2D eigenvalue weighted by Crippen LogP contribution is 2.19. The zero-order valence-electron chi connectivity index (χ0n) is 11.0. The Bertz CT molecular complexity index is 502. The minimum atomic E-state index is -0.958. The fourth-order valence-electron chi connectivity index (χ4n) is 2.28. The summed E-state index contributed by atoms with van der Waals surface area (Å²) < 4.78 is 5.23. The molecule has 0 aliphatic carbocycles. The molecule has 1 aromatic carbocycles. The molecule has 2 N–H and O–H groups in total. The second-order valence-corrected chi connectivity index (χ2v) is 4.72. The maximum atomic E-state index is 12.3. The molecule has 0 aromatic heterocycles. The van der Waals surface area contributed by atoms with E-state index in [0.717, 1.165) is 0 Å². The maximum absolute atomic E-state index is 12.3. The standard InChI is InChI=1S/C14H17NO5/c16-12-4-2-1-3-10(12)7-13(17)15-5-6-20-9-11(15)8-14(18)19/h1-4,11,16H,5-9H2,(H,18,19). The van der Waals surface area contributed by atoms with Crippen LogP contribution in [0.2, 0.25) is 0 Å². The average Bonchev–Trinajstić information content (AvgIpc) is 2.41. The summed E-state index contributed by atoms with van der Waals surface area (Å²) in [5, 5.41) is 18.5. The second-order valence-electron chi connectivity index (χ2n) is 4.72. The second kappa shape index (κ2) is 6.38. The summed E-state index contributed by atoms with van der Waals surface area (Å²) in [5.74, 6) is -1.08. The summed E-state index contributed by atoms with van der Waals surface area (Å²) in [4.78, 5) is 24.6. The van der Waals surface area contributed by atoms with Crippen LogP contribution in [0.5, 0.6) is 5.75 Å². The van der Waals surface area contributed by atoms with Crippen LogP contribution >= 0.6 is 0 Å². The maximum Gasteiger partial charge on any atom is 0.305 e. The molecule has 0 saturated carbocycles. The van der Waals surface area contributed by atoms with E-state index in [1.165, 1.54) is 11.0 Å². The topological polar surface area (TPSA) is 87.1 Å². The highest BCUT2D eigenvalue weighted by Gasteiger charge is 2.29. The lowest BCUT2D eigenvalue weighted by molar-refractivity contribution is -0.145. The number of aliphatic carboxylic acids is 1. The lowest BCUT2D eigenvalue weighted by Gasteiger charge is -2.35. The number of carboxylic acid groups (broad SMARTS) is 1. The average molecular weight is 279 g/mol. The van der Waals surface area contributed by atoms with Gasteiger partial charge < -0.3 is 19.8 Å². The number of phenols is 1. The molecule has 1 fully saturated rings. The van der Waals surface area contributed by atoms with Crippen molar-refractivity contribution >= 4 is 11.9 Å². The van der Waals surface area contributed by atoms with Gasteiger partial charge in [0.1, 0.15) is 5.75 Å². The van der Waals surface area contributed by atoms with Crippen LogP contribution in [0, 0.1) is 0 Å². The number of aromatic hydroxyl groups is 1. The van der Waals surface area contributed by atoms with E-state index in [2.05, 4.69) is 0 Å². The van der Waals surface area contributed by atoms with E-state index >= 15 is 0 Å². The molecule has 1 aromatic rings. The number of carboxylic acids is 1. The number of para-hydroxylation sites is 1. The largest absolute Gasteiger partial charge is 0.508 e. The number of hydrogen-bond donors (Lipinski definition) is 2. The van der Waals surface area contributed by atoms with E-state index in [1.54, 1.807) is 18.2 Å². The Kier molecular flexibility index (Phi) is 4.57. The van der Waals surface area contributed by atoms with Crippen molar-refractivity contribution < 1.29 is 24.5 Å². The third-order valence-electron chi connectivity index (χ3n) is 3.29. The number of benzene rings is 1. The predicted octanol–water partition coefficient (Wildman–Crippen LogP) is 0.637. The van der Waals surface area contributed by atoms with Crippen LogP contribution in [-0.4, -0.2) is 52.8 Å². The minimum absolute atomic E-state index is 0.0583. The van der Waals surface area contributed by atoms with Gasteiger partial charge in [0, 0.05) is 12.1 Å². The Balaban J connectivity index is 2.06. The number of carbonyl (C=O) groups is 2. The molecular weight excluding hydrogens is 262 g/mol. The quantitative estimate of drug-likeness (QED) is 0.844. The molecule has 1 unspecified atom stereocenters. The van der Waals surface area contributed by atoms with Crippen LogP contribution < -0.4 is 0 Å². The van der Waals surface area contributed by atoms with Gasteiger partial charge in [-0.05, 0) is 6.07 Å². The molecule has 1 atom stereocenters. The fourth-order valence-corrected chi connectivity index (χ4v) is 2.28. The summed E-state index contributed by atoms with van der Waals surface area (Å²) in [6, 6.07) is 6.19. The highest BCUT2D eigenvalue weighted by atomic mass is 16.5. The van der Waals surface area contributed by atoms with Crippen LogP contribution in [0.3, 0.4) is 0 Å². The number of hydrogen-bond acceptors (Lipinski definition) is 4. The van der Waals surface area contributed by atoms with Crippen LogP contribution in [0.1, 0.15) is 12.0 Å². The lowest BCUT2D eigenvalue weighted by Crippen LogP contribution is -2.50. The van der Waals surface area contributed by atoms with Crippen molar-refractivity contribution in [2.24, 2.45) is 0 Å². The van der Waals surface area contributed by atoms with E-state index in [1.807, 2.05) is 0 Å². The van der Waals surface area contributed by atoms with Crippen LogP contribution in [0.4, 0.5) is 0 Å². The summed E-state index contributed by atoms with van der Waals surface area (Å²) in [7, 11) is 0. The van der Waals surface area contributed by atoms with E-state index in [9.17, 15) is 14.7 Å². The van der Waals surface area contributed by atoms with Crippen LogP contribution in [-0.2, 0) is 20.7 Å². The van der Waals surface area contributed by atoms with Crippen molar-refractivity contribution in [1.29, 1.82) is 0 Å². The van der Waals surface area contributed by atoms with E-state index < -0.39 is 12.0 Å². The first-order chi connectivity index (χ1) is 9.58. The zero-order chi connectivity index (χ0) is 14.5. The molecule has 20 heavy (non-hydrogen) atoms. The third-order valence-corrected chi connectivity index (χ3v) is 3.29. The first-order valence-electron chi connectivity index (χ1n) is 6.44. The number of carbonyl (C=O) groups excluding carboxylic acids is 1. The van der Waals surface area contributed by atoms with Gasteiger partial charge in [-0.2, -0.15) is 0 Å². The SMILES string of the molecule is O=C(O)CC1COCCN1C(=O)Cc1ccccc1O. The third kappa shape index (κ3) is 3.48. The molecule has 6 nitrogen and oxygen atoms in total. The van der Waals surface area contributed by atoms with Gasteiger partial charge in [0.15, 0.2) is 0 Å². The van der Waals surface area contributed by atoms with Crippen LogP contribution in [0.25, 0.3) is 0 Å². The smallest absolute Gasteiger partial charge is 0.305 e. The fraction of sp³-hybridized carbons (Fsp3) is 0.429. The molecule has 1 aliphatic heterocycles. The number of ether oxygens (including phenoxy) is 1. The normalized spacial score (nSPS) is 18.8. The molecule has 1 aliphatic rings. The zero-order valence-corrected chi connectivity index (χ0v) is 11.0. The van der Waals surface area contributed by atoms with Crippen molar-refractivity contribution in [3.05, 3.63) is 29.8 Å². The Hall–Kier alpha value is -2.08. The summed E-state index contributed by atoms with van der Waals surface area (Å²) in [5.41, 5.74) is 0.540. The Labute approximate surface area is 116 Å². The van der Waals surface area contributed by atoms with Crippen molar-refractivity contribution in [1.82, 2.24) is 4.90 Å². The molecule has 1 heterocycles. The first kappa shape index (κ1) is 14.3. The molecule has 0 spiro atoms. The van der Waals surface area contributed by atoms with E-state index in [0.29, 0.717) is 18.7 Å². The number of morpholine rings is 1. The van der Waals surface area contributed by atoms with Crippen LogP contribution in [0.15, 0.2) is 24.3 Å². The molecule has 0 radical (unpaired) electrons. The van der Waals surface area contributed by atoms with Gasteiger partial charge in [-0.1, -0.05) is 18.2 Å². The highest BCUT2D eigenvalue weighted by molar-refractivity contribution is 5.80. The van der Waals surface area contributed by atoms with E-state index in [-0.39, 0.29) is 31.1 Å². The number of rotatable bonds is 4. The molecule has 2 rings (SSSR count). The first-order valence-corrected chi connectivity index (χ1v) is 6.44. The molecule has 1 saturated heterocycles. The van der Waals surface area contributed by atoms with Crippen molar-refractivity contribution in [2.45, 2.75) is 18.9 Å². The Morgan fingerprint density at radius 1 is 1.35 bits per heavy atom. The van der Waals surface area contributed by atoms with Crippen molar-refractivity contribution in [2.75, 3.05) is 19.8 Å². The number of nitrogens with zero attached hydrogens (tertiary/aromatic N) is 1. The Morgan fingerprint density at radius 2 is 2.10 bits per heavy atom. The number of amides is 1. The van der Waals surface area contributed by atoms with E-state index in [4.69, 9.17) is 9.84 Å². The molecule has 1 amide bonds. The van der Waals surface area contributed by atoms with Gasteiger partial charge in [-0.3, -0.25) is 9.59 Å². The van der Waals surface area contributed by atoms with Gasteiger partial charge >= 0.3 is 5.97 Å². The van der Waals surface area contributed by atoms with Gasteiger partial charge in [-0.15, -0.1) is 0 Å². The summed E-state index contributed by atoms with van der Waals surface area (Å²) in [6.07, 6.45) is -0.0741. The summed E-state index contributed by atoms with van der Waals surface area (Å²) in [6.45, 7) is 1.02. The Morgan fingerprint density at radius 3 is 2.80 bits per heavy atom. The van der Waals surface area contributed by atoms with Gasteiger partial charge in [0.25, 0.3) is 0 Å².